The third-order valence-electron chi connectivity index (χ3n) is 2.81. The molecular weight excluding hydrogens is 354 g/mol. The number of hydrogen-bond donors (Lipinski definition) is 4. The summed E-state index contributed by atoms with van der Waals surface area (Å²) < 4.78 is 9.74. The summed E-state index contributed by atoms with van der Waals surface area (Å²) >= 11 is 3.98. The first-order valence-electron chi connectivity index (χ1n) is 7.41. The Bertz CT molecular complexity index is 507. The van der Waals surface area contributed by atoms with Crippen LogP contribution in [0.15, 0.2) is 0 Å². The Hall–Kier alpha value is -2.01. The average Bonchev–Trinajstić information content (AvgIpc) is 2.47. The molecule has 0 saturated heterocycles. The molecule has 0 aromatic rings. The molecule has 0 rings (SSSR count). The molecule has 0 spiro atoms. The summed E-state index contributed by atoms with van der Waals surface area (Å²) in [5.41, 5.74) is 6.59. The Balaban J connectivity index is 5.59. The molecule has 10 nitrogen and oxygen atoms in total. The number of hydrazine groups is 1. The van der Waals surface area contributed by atoms with E-state index < -0.39 is 41.6 Å². The molecule has 0 bridgehead atoms. The van der Waals surface area contributed by atoms with E-state index in [0.29, 0.717) is 5.01 Å². The molecule has 4 N–H and O–H groups in total. The first-order valence-corrected chi connectivity index (χ1v) is 8.04. The number of methoxy groups -OCH3 is 1. The van der Waals surface area contributed by atoms with Gasteiger partial charge in [-0.1, -0.05) is 0 Å². The fourth-order valence-corrected chi connectivity index (χ4v) is 1.93. The lowest BCUT2D eigenvalue weighted by atomic mass is 10.1. The standard InChI is InChI=1S/C14H25N3O7S/c1-14(2,3)24-13(22)17(16-8(7-25)12(21)23-4)9(11(19)20)5-6-10(15)18/h8-9,16,25H,5-7H2,1-4H3,(H2,15,18)(H,19,20)/t8-,9-/m0/s1. The Morgan fingerprint density at radius 2 is 1.84 bits per heavy atom. The van der Waals surface area contributed by atoms with Crippen molar-refractivity contribution in [1.82, 2.24) is 10.4 Å². The van der Waals surface area contributed by atoms with Gasteiger partial charge in [-0.2, -0.15) is 12.6 Å². The van der Waals surface area contributed by atoms with Crippen molar-refractivity contribution in [3.05, 3.63) is 0 Å². The number of nitrogens with two attached hydrogens (primary N) is 1. The molecule has 11 heteroatoms. The Labute approximate surface area is 151 Å². The van der Waals surface area contributed by atoms with Crippen molar-refractivity contribution in [2.75, 3.05) is 12.9 Å². The van der Waals surface area contributed by atoms with Crippen LogP contribution < -0.4 is 11.2 Å². The van der Waals surface area contributed by atoms with E-state index in [4.69, 9.17) is 10.5 Å². The van der Waals surface area contributed by atoms with Gasteiger partial charge in [0.15, 0.2) is 0 Å². The topological polar surface area (TPSA) is 148 Å². The van der Waals surface area contributed by atoms with Crippen LogP contribution in [0.25, 0.3) is 0 Å². The van der Waals surface area contributed by atoms with Crippen LogP contribution in [-0.4, -0.2) is 64.6 Å². The van der Waals surface area contributed by atoms with E-state index in [0.717, 1.165) is 7.11 Å². The van der Waals surface area contributed by atoms with Gasteiger partial charge in [-0.25, -0.2) is 20.0 Å². The summed E-state index contributed by atoms with van der Waals surface area (Å²) in [6, 6.07) is -2.59. The molecule has 0 radical (unpaired) electrons. The van der Waals surface area contributed by atoms with Gasteiger partial charge in [0.25, 0.3) is 0 Å². The number of rotatable bonds is 9. The second-order valence-corrected chi connectivity index (χ2v) is 6.46. The molecule has 0 unspecified atom stereocenters. The van der Waals surface area contributed by atoms with E-state index in [1.807, 2.05) is 0 Å². The number of nitrogens with one attached hydrogen (secondary N) is 1. The van der Waals surface area contributed by atoms with Crippen LogP contribution in [0, 0.1) is 0 Å². The van der Waals surface area contributed by atoms with Crippen LogP contribution >= 0.6 is 12.6 Å². The Morgan fingerprint density at radius 1 is 1.28 bits per heavy atom. The molecule has 0 aliphatic carbocycles. The zero-order chi connectivity index (χ0) is 19.8. The van der Waals surface area contributed by atoms with Crippen molar-refractivity contribution in [3.8, 4) is 0 Å². The van der Waals surface area contributed by atoms with E-state index >= 15 is 0 Å². The second-order valence-electron chi connectivity index (χ2n) is 6.10. The van der Waals surface area contributed by atoms with E-state index in [9.17, 15) is 24.3 Å². The lowest BCUT2D eigenvalue weighted by Crippen LogP contribution is -2.59. The van der Waals surface area contributed by atoms with Crippen molar-refractivity contribution < 1.29 is 33.8 Å². The van der Waals surface area contributed by atoms with Gasteiger partial charge in [-0.15, -0.1) is 0 Å². The zero-order valence-corrected chi connectivity index (χ0v) is 15.5. The van der Waals surface area contributed by atoms with Crippen LogP contribution in [0.3, 0.4) is 0 Å². The number of thiol groups is 1. The quantitative estimate of drug-likeness (QED) is 0.247. The highest BCUT2D eigenvalue weighted by Crippen LogP contribution is 2.14. The first-order chi connectivity index (χ1) is 11.4. The zero-order valence-electron chi connectivity index (χ0n) is 14.6. The molecule has 144 valence electrons. The van der Waals surface area contributed by atoms with E-state index in [1.165, 1.54) is 0 Å². The van der Waals surface area contributed by atoms with Gasteiger partial charge in [-0.3, -0.25) is 9.59 Å². The van der Waals surface area contributed by atoms with Crippen molar-refractivity contribution >= 4 is 36.6 Å². The highest BCUT2D eigenvalue weighted by Gasteiger charge is 2.36. The van der Waals surface area contributed by atoms with Gasteiger partial charge >= 0.3 is 18.0 Å². The number of primary amides is 1. The van der Waals surface area contributed by atoms with Gasteiger partial charge in [0, 0.05) is 12.2 Å². The number of carboxylic acid groups (broad SMARTS) is 1. The van der Waals surface area contributed by atoms with Crippen LogP contribution in [-0.2, 0) is 23.9 Å². The lowest BCUT2D eigenvalue weighted by molar-refractivity contribution is -0.150. The van der Waals surface area contributed by atoms with Gasteiger partial charge in [0.05, 0.1) is 7.11 Å². The average molecular weight is 379 g/mol. The van der Waals surface area contributed by atoms with Gasteiger partial charge in [0.1, 0.15) is 17.7 Å². The Morgan fingerprint density at radius 3 is 2.20 bits per heavy atom. The lowest BCUT2D eigenvalue weighted by Gasteiger charge is -2.33. The van der Waals surface area contributed by atoms with Gasteiger partial charge in [-0.05, 0) is 27.2 Å². The minimum Gasteiger partial charge on any atom is -0.480 e. The fourth-order valence-electron chi connectivity index (χ4n) is 1.70. The predicted octanol–water partition coefficient (Wildman–Crippen LogP) is -0.0818. The molecule has 0 saturated carbocycles. The van der Waals surface area contributed by atoms with Crippen molar-refractivity contribution in [3.63, 3.8) is 0 Å². The maximum absolute atomic E-state index is 12.4. The third kappa shape index (κ3) is 8.59. The van der Waals surface area contributed by atoms with Crippen LogP contribution in [0.4, 0.5) is 4.79 Å². The summed E-state index contributed by atoms with van der Waals surface area (Å²) in [6.07, 6.45) is -1.57. The minimum atomic E-state index is -1.49. The molecule has 0 fully saturated rings. The molecule has 0 aromatic heterocycles. The number of carboxylic acids is 1. The van der Waals surface area contributed by atoms with E-state index in [2.05, 4.69) is 22.8 Å². The molecule has 0 heterocycles. The molecular formula is C14H25N3O7S. The second kappa shape index (κ2) is 10.1. The number of amides is 2. The number of carbonyl (C=O) groups is 4. The van der Waals surface area contributed by atoms with Crippen molar-refractivity contribution in [1.29, 1.82) is 0 Å². The first kappa shape index (κ1) is 23.0. The van der Waals surface area contributed by atoms with Crippen molar-refractivity contribution in [2.24, 2.45) is 5.73 Å². The highest BCUT2D eigenvalue weighted by molar-refractivity contribution is 7.80. The molecule has 0 aromatic carbocycles. The summed E-state index contributed by atoms with van der Waals surface area (Å²) in [6.45, 7) is 4.79. The monoisotopic (exact) mass is 379 g/mol. The van der Waals surface area contributed by atoms with Gasteiger partial charge in [0.2, 0.25) is 5.91 Å². The van der Waals surface area contributed by atoms with Crippen molar-refractivity contribution in [2.45, 2.75) is 51.3 Å². The highest BCUT2D eigenvalue weighted by atomic mass is 32.1. The molecule has 0 aliphatic heterocycles. The van der Waals surface area contributed by atoms with Gasteiger partial charge < -0.3 is 20.3 Å². The number of ether oxygens (including phenoxy) is 2. The third-order valence-corrected chi connectivity index (χ3v) is 3.18. The molecule has 25 heavy (non-hydrogen) atoms. The number of hydrogen-bond acceptors (Lipinski definition) is 8. The van der Waals surface area contributed by atoms with Crippen LogP contribution in [0.2, 0.25) is 0 Å². The van der Waals surface area contributed by atoms with E-state index in [-0.39, 0.29) is 18.6 Å². The maximum atomic E-state index is 12.4. The smallest absolute Gasteiger partial charge is 0.425 e. The number of esters is 1. The Kier molecular flexibility index (Phi) is 9.28. The molecule has 2 amide bonds. The molecule has 0 aliphatic rings. The predicted molar refractivity (Wildman–Crippen MR) is 90.7 cm³/mol. The van der Waals surface area contributed by atoms with E-state index in [1.54, 1.807) is 20.8 Å². The molecule has 2 atom stereocenters. The number of carbonyl (C=O) groups excluding carboxylic acids is 3. The normalized spacial score (nSPS) is 13.5. The SMILES string of the molecule is COC(=O)[C@H](CS)NN(C(=O)OC(C)(C)C)[C@@H](CCC(N)=O)C(=O)O. The minimum absolute atomic E-state index is 0.0753. The summed E-state index contributed by atoms with van der Waals surface area (Å²) in [5, 5.41) is 10.1. The summed E-state index contributed by atoms with van der Waals surface area (Å²) in [7, 11) is 1.14. The number of aliphatic carboxylic acids is 1. The van der Waals surface area contributed by atoms with Crippen LogP contribution in [0.1, 0.15) is 33.6 Å². The maximum Gasteiger partial charge on any atom is 0.425 e. The number of nitrogens with zero attached hydrogens (tertiary/aromatic N) is 1. The summed E-state index contributed by atoms with van der Waals surface area (Å²) in [4.78, 5) is 46.6. The fraction of sp³-hybridized carbons (Fsp3) is 0.714. The largest absolute Gasteiger partial charge is 0.480 e. The summed E-state index contributed by atoms with van der Waals surface area (Å²) in [5.74, 6) is -2.95. The van der Waals surface area contributed by atoms with Crippen LogP contribution in [0.5, 0.6) is 0 Å².